The van der Waals surface area contributed by atoms with Crippen molar-refractivity contribution in [3.8, 4) is 0 Å². The molecule has 0 spiro atoms. The van der Waals surface area contributed by atoms with E-state index in [1.165, 1.54) is 34.3 Å². The number of amides is 2. The second kappa shape index (κ2) is 9.47. The van der Waals surface area contributed by atoms with Gasteiger partial charge in [-0.15, -0.1) is 5.12 Å². The van der Waals surface area contributed by atoms with E-state index in [4.69, 9.17) is 27.9 Å². The number of nitrogens with one attached hydrogen (secondary N) is 2. The van der Waals surface area contributed by atoms with Crippen LogP contribution in [0, 0.1) is 0 Å². The highest BCUT2D eigenvalue weighted by molar-refractivity contribution is 6.33. The summed E-state index contributed by atoms with van der Waals surface area (Å²) in [6.45, 7) is 8.81. The molecule has 2 amide bonds. The zero-order valence-corrected chi connectivity index (χ0v) is 19.3. The number of urea groups is 1. The van der Waals surface area contributed by atoms with E-state index in [9.17, 15) is 4.79 Å². The molecule has 0 saturated heterocycles. The minimum Gasteiger partial charge on any atom is -0.372 e. The fourth-order valence-electron chi connectivity index (χ4n) is 2.87. The molecular weight excluding hydrogens is 457 g/mol. The number of hydrazone groups is 2. The average Bonchev–Trinajstić information content (AvgIpc) is 3.12. The van der Waals surface area contributed by atoms with Gasteiger partial charge in [-0.25, -0.2) is 19.3 Å². The number of methoxy groups -OCH3 is 1. The highest BCUT2D eigenvalue weighted by Gasteiger charge is 2.29. The van der Waals surface area contributed by atoms with E-state index in [1.54, 1.807) is 20.1 Å². The Morgan fingerprint density at radius 2 is 2.03 bits per heavy atom. The molecule has 0 radical (unpaired) electrons. The van der Waals surface area contributed by atoms with E-state index < -0.39 is 11.6 Å². The molecule has 0 aliphatic heterocycles. The summed E-state index contributed by atoms with van der Waals surface area (Å²) in [5.74, 6) is 0.264. The van der Waals surface area contributed by atoms with Gasteiger partial charge in [0.05, 0.1) is 28.8 Å². The van der Waals surface area contributed by atoms with Gasteiger partial charge in [0.25, 0.3) is 0 Å². The topological polar surface area (TPSA) is 121 Å². The van der Waals surface area contributed by atoms with E-state index in [0.717, 1.165) is 0 Å². The predicted molar refractivity (Wildman–Crippen MR) is 126 cm³/mol. The van der Waals surface area contributed by atoms with Crippen molar-refractivity contribution < 1.29 is 9.53 Å². The molecule has 2 N–H and O–H groups in total. The third kappa shape index (κ3) is 4.79. The lowest BCUT2D eigenvalue weighted by Crippen LogP contribution is -2.28. The first-order valence-corrected chi connectivity index (χ1v) is 10.0. The van der Waals surface area contributed by atoms with Gasteiger partial charge in [-0.05, 0) is 26.8 Å². The maximum atomic E-state index is 12.7. The van der Waals surface area contributed by atoms with Crippen LogP contribution in [0.25, 0.3) is 5.65 Å². The lowest BCUT2D eigenvalue weighted by Gasteiger charge is -2.26. The van der Waals surface area contributed by atoms with Gasteiger partial charge in [0, 0.05) is 26.1 Å². The Kier molecular flexibility index (Phi) is 6.92. The minimum atomic E-state index is -0.813. The number of pyridine rings is 1. The molecule has 3 heterocycles. The predicted octanol–water partition coefficient (Wildman–Crippen LogP) is 4.38. The second-order valence-electron chi connectivity index (χ2n) is 6.89. The van der Waals surface area contributed by atoms with Crippen molar-refractivity contribution in [1.82, 2.24) is 19.6 Å². The summed E-state index contributed by atoms with van der Waals surface area (Å²) in [7, 11) is 1.56. The van der Waals surface area contributed by atoms with Crippen molar-refractivity contribution in [2.45, 2.75) is 26.4 Å². The van der Waals surface area contributed by atoms with Crippen LogP contribution in [0.5, 0.6) is 0 Å². The first-order valence-electron chi connectivity index (χ1n) is 9.29. The smallest absolute Gasteiger partial charge is 0.323 e. The van der Waals surface area contributed by atoms with E-state index in [-0.39, 0.29) is 16.0 Å². The van der Waals surface area contributed by atoms with Crippen molar-refractivity contribution in [3.05, 3.63) is 40.4 Å². The minimum absolute atomic E-state index is 0.219. The van der Waals surface area contributed by atoms with Crippen LogP contribution < -0.4 is 15.8 Å². The van der Waals surface area contributed by atoms with Crippen molar-refractivity contribution in [3.63, 3.8) is 0 Å². The Hall–Kier alpha value is -3.28. The molecule has 168 valence electrons. The quantitative estimate of drug-likeness (QED) is 0.384. The normalized spacial score (nSPS) is 11.7. The molecule has 0 aliphatic rings. The Labute approximate surface area is 194 Å². The Morgan fingerprint density at radius 3 is 2.66 bits per heavy atom. The number of aromatic nitrogens is 4. The highest BCUT2D eigenvalue weighted by Crippen LogP contribution is 2.32. The molecule has 0 fully saturated rings. The van der Waals surface area contributed by atoms with Crippen LogP contribution in [-0.2, 0) is 10.3 Å². The molecule has 0 unspecified atom stereocenters. The zero-order valence-electron chi connectivity index (χ0n) is 17.8. The number of carbonyl (C=O) groups is 1. The van der Waals surface area contributed by atoms with E-state index in [2.05, 4.69) is 42.6 Å². The zero-order chi connectivity index (χ0) is 23.5. The average molecular weight is 478 g/mol. The summed E-state index contributed by atoms with van der Waals surface area (Å²) < 4.78 is 7.13. The van der Waals surface area contributed by atoms with E-state index in [1.807, 2.05) is 13.8 Å². The molecule has 0 aromatic carbocycles. The monoisotopic (exact) mass is 477 g/mol. The number of hydrogen-bond acceptors (Lipinski definition) is 8. The standard InChI is InChI=1S/C19H21Cl2N9O2/c1-6-25-30(22-4)17-12(20)7-11(9-24-17)26-18(31)27-13-10-23-15-8-14(21)28-29(15)16(13)19(2,3)32-5/h6-10H,4H2,1-3,5H3,(H2,26,27,31)/b25-6-. The maximum absolute atomic E-state index is 12.7. The summed E-state index contributed by atoms with van der Waals surface area (Å²) in [4.78, 5) is 21.2. The molecular formula is C19H21Cl2N9O2. The van der Waals surface area contributed by atoms with Crippen molar-refractivity contribution in [2.24, 2.45) is 10.2 Å². The molecule has 0 atom stereocenters. The van der Waals surface area contributed by atoms with Gasteiger partial charge in [-0.2, -0.15) is 15.3 Å². The Balaban J connectivity index is 1.87. The van der Waals surface area contributed by atoms with Crippen molar-refractivity contribution in [1.29, 1.82) is 0 Å². The number of halogens is 2. The van der Waals surface area contributed by atoms with Gasteiger partial charge in [0.15, 0.2) is 16.6 Å². The van der Waals surface area contributed by atoms with E-state index >= 15 is 0 Å². The molecule has 3 rings (SSSR count). The van der Waals surface area contributed by atoms with Gasteiger partial charge in [-0.3, -0.25) is 0 Å². The van der Waals surface area contributed by atoms with Gasteiger partial charge in [0.2, 0.25) is 0 Å². The Bertz CT molecular complexity index is 1190. The number of fused-ring (bicyclic) bond motifs is 1. The molecule has 0 saturated carbocycles. The third-order valence-electron chi connectivity index (χ3n) is 4.41. The van der Waals surface area contributed by atoms with Crippen molar-refractivity contribution in [2.75, 3.05) is 22.9 Å². The summed E-state index contributed by atoms with van der Waals surface area (Å²) in [5.41, 5.74) is 1.000. The Morgan fingerprint density at radius 1 is 1.28 bits per heavy atom. The van der Waals surface area contributed by atoms with Gasteiger partial charge < -0.3 is 15.4 Å². The van der Waals surface area contributed by atoms with Gasteiger partial charge in [-0.1, -0.05) is 23.2 Å². The fourth-order valence-corrected chi connectivity index (χ4v) is 3.29. The van der Waals surface area contributed by atoms with Crippen LogP contribution in [0.15, 0.2) is 34.7 Å². The number of rotatable bonds is 7. The number of hydrogen-bond donors (Lipinski definition) is 2. The number of nitrogens with zero attached hydrogens (tertiary/aromatic N) is 7. The first kappa shape index (κ1) is 23.4. The maximum Gasteiger partial charge on any atom is 0.323 e. The number of anilines is 3. The fraction of sp³-hybridized carbons (Fsp3) is 0.263. The summed E-state index contributed by atoms with van der Waals surface area (Å²) in [5, 5.41) is 19.0. The molecule has 0 aliphatic carbocycles. The van der Waals surface area contributed by atoms with Crippen LogP contribution in [0.2, 0.25) is 10.2 Å². The van der Waals surface area contributed by atoms with Gasteiger partial charge >= 0.3 is 6.03 Å². The lowest BCUT2D eigenvalue weighted by molar-refractivity contribution is 0.0143. The van der Waals surface area contributed by atoms with E-state index in [0.29, 0.717) is 22.7 Å². The summed E-state index contributed by atoms with van der Waals surface area (Å²) in [6.07, 6.45) is 4.44. The van der Waals surface area contributed by atoms with Crippen LogP contribution in [0.4, 0.5) is 22.0 Å². The van der Waals surface area contributed by atoms with Crippen LogP contribution >= 0.6 is 23.2 Å². The molecule has 3 aromatic rings. The lowest BCUT2D eigenvalue weighted by atomic mass is 10.0. The van der Waals surface area contributed by atoms with Crippen LogP contribution in [0.1, 0.15) is 26.5 Å². The van der Waals surface area contributed by atoms with Crippen LogP contribution in [0.3, 0.4) is 0 Å². The molecule has 0 bridgehead atoms. The number of carbonyl (C=O) groups excluding carboxylic acids is 1. The molecule has 11 nitrogen and oxygen atoms in total. The number of ether oxygens (including phenoxy) is 1. The molecule has 13 heteroatoms. The second-order valence-corrected chi connectivity index (χ2v) is 7.68. The first-order chi connectivity index (χ1) is 15.2. The molecule has 3 aromatic heterocycles. The van der Waals surface area contributed by atoms with Crippen LogP contribution in [-0.4, -0.2) is 45.7 Å². The SMILES string of the molecule is C=NN(/N=C\C)c1ncc(NC(=O)Nc2cnc3cc(Cl)nn3c2C(C)(C)OC)cc1Cl. The summed E-state index contributed by atoms with van der Waals surface area (Å²) in [6, 6.07) is 2.58. The van der Waals surface area contributed by atoms with Gasteiger partial charge in [0.1, 0.15) is 11.3 Å². The molecule has 32 heavy (non-hydrogen) atoms. The largest absolute Gasteiger partial charge is 0.372 e. The third-order valence-corrected chi connectivity index (χ3v) is 4.87. The highest BCUT2D eigenvalue weighted by atomic mass is 35.5. The van der Waals surface area contributed by atoms with Crippen molar-refractivity contribution >= 4 is 65.0 Å². The summed E-state index contributed by atoms with van der Waals surface area (Å²) >= 11 is 12.3.